The quantitative estimate of drug-likeness (QED) is 0.901. The molecule has 3 heteroatoms. The highest BCUT2D eigenvalue weighted by atomic mass is 32.2. The molecule has 2 aromatic carbocycles. The van der Waals surface area contributed by atoms with Gasteiger partial charge in [-0.05, 0) is 35.7 Å². The fourth-order valence-corrected chi connectivity index (χ4v) is 4.32. The van der Waals surface area contributed by atoms with Crippen molar-refractivity contribution < 1.29 is 4.21 Å². The van der Waals surface area contributed by atoms with E-state index in [2.05, 4.69) is 12.1 Å². The molecule has 1 aliphatic carbocycles. The van der Waals surface area contributed by atoms with Gasteiger partial charge in [0.15, 0.2) is 0 Å². The molecule has 94 valence electrons. The Kier molecular flexibility index (Phi) is 3.18. The molecule has 0 amide bonds. The van der Waals surface area contributed by atoms with Crippen molar-refractivity contribution in [1.82, 2.24) is 0 Å². The minimum atomic E-state index is -0.970. The van der Waals surface area contributed by atoms with E-state index in [0.717, 1.165) is 29.5 Å². The summed E-state index contributed by atoms with van der Waals surface area (Å²) in [5, 5.41) is 2.47. The van der Waals surface area contributed by atoms with E-state index in [1.54, 1.807) is 0 Å². The van der Waals surface area contributed by atoms with Crippen LogP contribution in [0.15, 0.2) is 47.4 Å². The molecule has 0 aromatic heterocycles. The van der Waals surface area contributed by atoms with Crippen LogP contribution in [0.5, 0.6) is 0 Å². The van der Waals surface area contributed by atoms with Crippen molar-refractivity contribution >= 4 is 21.6 Å². The average molecular weight is 259 g/mol. The van der Waals surface area contributed by atoms with Gasteiger partial charge in [-0.2, -0.15) is 0 Å². The SMILES string of the molecule is NC1CCCC1S(=O)c1ccc2ccccc2c1. The molecule has 2 N–H and O–H groups in total. The molecule has 2 aromatic rings. The first kappa shape index (κ1) is 11.9. The summed E-state index contributed by atoms with van der Waals surface area (Å²) in [5.41, 5.74) is 6.04. The number of benzene rings is 2. The number of fused-ring (bicyclic) bond motifs is 1. The van der Waals surface area contributed by atoms with Gasteiger partial charge >= 0.3 is 0 Å². The Morgan fingerprint density at radius 1 is 1.06 bits per heavy atom. The average Bonchev–Trinajstić information content (AvgIpc) is 2.83. The van der Waals surface area contributed by atoms with Crippen LogP contribution in [0.2, 0.25) is 0 Å². The van der Waals surface area contributed by atoms with E-state index in [1.807, 2.05) is 30.3 Å². The fraction of sp³-hybridized carbons (Fsp3) is 0.333. The molecular formula is C15H17NOS. The third kappa shape index (κ3) is 2.08. The Bertz CT molecular complexity index is 596. The van der Waals surface area contributed by atoms with Gasteiger partial charge in [-0.25, -0.2) is 0 Å². The lowest BCUT2D eigenvalue weighted by Gasteiger charge is -2.15. The minimum absolute atomic E-state index is 0.0947. The van der Waals surface area contributed by atoms with Crippen LogP contribution in [0.1, 0.15) is 19.3 Å². The molecule has 0 bridgehead atoms. The van der Waals surface area contributed by atoms with Crippen molar-refractivity contribution in [3.8, 4) is 0 Å². The van der Waals surface area contributed by atoms with E-state index in [-0.39, 0.29) is 11.3 Å². The van der Waals surface area contributed by atoms with Gasteiger partial charge in [-0.15, -0.1) is 0 Å². The van der Waals surface area contributed by atoms with E-state index >= 15 is 0 Å². The first-order valence-electron chi connectivity index (χ1n) is 6.41. The van der Waals surface area contributed by atoms with Gasteiger partial charge in [0.1, 0.15) is 0 Å². The zero-order valence-electron chi connectivity index (χ0n) is 10.2. The molecule has 3 rings (SSSR count). The van der Waals surface area contributed by atoms with E-state index in [1.165, 1.54) is 5.39 Å². The fourth-order valence-electron chi connectivity index (χ4n) is 2.69. The zero-order chi connectivity index (χ0) is 12.5. The van der Waals surface area contributed by atoms with Crippen LogP contribution >= 0.6 is 0 Å². The Morgan fingerprint density at radius 3 is 2.56 bits per heavy atom. The summed E-state index contributed by atoms with van der Waals surface area (Å²) in [6.07, 6.45) is 3.09. The second-order valence-electron chi connectivity index (χ2n) is 4.94. The van der Waals surface area contributed by atoms with Crippen LogP contribution in [0.4, 0.5) is 0 Å². The normalized spacial score (nSPS) is 25.4. The smallest absolute Gasteiger partial charge is 0.0576 e. The summed E-state index contributed by atoms with van der Waals surface area (Å²) in [7, 11) is -0.970. The highest BCUT2D eigenvalue weighted by Crippen LogP contribution is 2.27. The highest BCUT2D eigenvalue weighted by molar-refractivity contribution is 7.85. The molecule has 0 radical (unpaired) electrons. The third-order valence-electron chi connectivity index (χ3n) is 3.73. The van der Waals surface area contributed by atoms with Gasteiger partial charge in [-0.3, -0.25) is 4.21 Å². The molecule has 0 spiro atoms. The minimum Gasteiger partial charge on any atom is -0.327 e. The van der Waals surface area contributed by atoms with E-state index in [0.29, 0.717) is 0 Å². The van der Waals surface area contributed by atoms with Crippen molar-refractivity contribution in [2.75, 3.05) is 0 Å². The van der Waals surface area contributed by atoms with Crippen LogP contribution in [0.25, 0.3) is 10.8 Å². The Morgan fingerprint density at radius 2 is 1.83 bits per heavy atom. The van der Waals surface area contributed by atoms with E-state index in [4.69, 9.17) is 5.73 Å². The molecule has 0 aliphatic heterocycles. The van der Waals surface area contributed by atoms with Crippen LogP contribution < -0.4 is 5.73 Å². The highest BCUT2D eigenvalue weighted by Gasteiger charge is 2.29. The molecule has 1 saturated carbocycles. The Hall–Kier alpha value is -1.19. The standard InChI is InChI=1S/C15H17NOS/c16-14-6-3-7-15(14)18(17)13-9-8-11-4-1-2-5-12(11)10-13/h1-2,4-5,8-10,14-15H,3,6-7,16H2. The van der Waals surface area contributed by atoms with Crippen LogP contribution in [0.3, 0.4) is 0 Å². The predicted octanol–water partition coefficient (Wildman–Crippen LogP) is 2.83. The van der Waals surface area contributed by atoms with Gasteiger partial charge in [0.2, 0.25) is 0 Å². The van der Waals surface area contributed by atoms with Gasteiger partial charge in [-0.1, -0.05) is 36.8 Å². The van der Waals surface area contributed by atoms with E-state index in [9.17, 15) is 4.21 Å². The van der Waals surface area contributed by atoms with E-state index < -0.39 is 10.8 Å². The molecule has 3 atom stereocenters. The second kappa shape index (κ2) is 4.82. The summed E-state index contributed by atoms with van der Waals surface area (Å²) < 4.78 is 12.5. The first-order chi connectivity index (χ1) is 8.75. The summed E-state index contributed by atoms with van der Waals surface area (Å²) in [6, 6.07) is 14.3. The maximum absolute atomic E-state index is 12.5. The van der Waals surface area contributed by atoms with Gasteiger partial charge in [0.25, 0.3) is 0 Å². The topological polar surface area (TPSA) is 43.1 Å². The molecule has 1 aliphatic rings. The number of hydrogen-bond donors (Lipinski definition) is 1. The summed E-state index contributed by atoms with van der Waals surface area (Å²) in [5.74, 6) is 0. The van der Waals surface area contributed by atoms with Crippen LogP contribution in [-0.2, 0) is 10.8 Å². The summed E-state index contributed by atoms with van der Waals surface area (Å²) in [6.45, 7) is 0. The monoisotopic (exact) mass is 259 g/mol. The van der Waals surface area contributed by atoms with Gasteiger partial charge in [0.05, 0.1) is 16.0 Å². The Labute approximate surface area is 110 Å². The first-order valence-corrected chi connectivity index (χ1v) is 7.62. The number of rotatable bonds is 2. The summed E-state index contributed by atoms with van der Waals surface area (Å²) >= 11 is 0. The van der Waals surface area contributed by atoms with Gasteiger partial charge in [0, 0.05) is 10.9 Å². The van der Waals surface area contributed by atoms with Crippen LogP contribution in [0, 0.1) is 0 Å². The maximum atomic E-state index is 12.5. The zero-order valence-corrected chi connectivity index (χ0v) is 11.0. The third-order valence-corrected chi connectivity index (χ3v) is 5.59. The predicted molar refractivity (Wildman–Crippen MR) is 76.0 cm³/mol. The molecule has 0 heterocycles. The number of nitrogens with two attached hydrogens (primary N) is 1. The summed E-state index contributed by atoms with van der Waals surface area (Å²) in [4.78, 5) is 0.913. The Balaban J connectivity index is 1.96. The van der Waals surface area contributed by atoms with Crippen molar-refractivity contribution in [1.29, 1.82) is 0 Å². The molecule has 18 heavy (non-hydrogen) atoms. The molecule has 0 saturated heterocycles. The molecule has 1 fully saturated rings. The van der Waals surface area contributed by atoms with Crippen molar-refractivity contribution in [2.24, 2.45) is 5.73 Å². The number of hydrogen-bond acceptors (Lipinski definition) is 2. The molecule has 3 unspecified atom stereocenters. The van der Waals surface area contributed by atoms with Gasteiger partial charge < -0.3 is 5.73 Å². The molecular weight excluding hydrogens is 242 g/mol. The second-order valence-corrected chi connectivity index (χ2v) is 6.61. The van der Waals surface area contributed by atoms with Crippen molar-refractivity contribution in [3.05, 3.63) is 42.5 Å². The van der Waals surface area contributed by atoms with Crippen LogP contribution in [-0.4, -0.2) is 15.5 Å². The maximum Gasteiger partial charge on any atom is 0.0576 e. The lowest BCUT2D eigenvalue weighted by Crippen LogP contribution is -2.32. The lowest BCUT2D eigenvalue weighted by atomic mass is 10.1. The van der Waals surface area contributed by atoms with Crippen molar-refractivity contribution in [3.63, 3.8) is 0 Å². The largest absolute Gasteiger partial charge is 0.327 e. The molecule has 2 nitrogen and oxygen atoms in total. The lowest BCUT2D eigenvalue weighted by molar-refractivity contribution is 0.649. The van der Waals surface area contributed by atoms with Crippen molar-refractivity contribution in [2.45, 2.75) is 35.4 Å².